The van der Waals surface area contributed by atoms with E-state index in [1.165, 1.54) is 12.8 Å². The van der Waals surface area contributed by atoms with Gasteiger partial charge in [-0.15, -0.1) is 0 Å². The second kappa shape index (κ2) is 5.02. The molecule has 1 aliphatic carbocycles. The summed E-state index contributed by atoms with van der Waals surface area (Å²) >= 11 is 0. The topological polar surface area (TPSA) is 58.6 Å². The zero-order chi connectivity index (χ0) is 14.2. The molecule has 0 aromatic rings. The van der Waals surface area contributed by atoms with E-state index in [0.29, 0.717) is 12.0 Å². The molecule has 3 unspecified atom stereocenters. The molecule has 2 aliphatic rings. The summed E-state index contributed by atoms with van der Waals surface area (Å²) in [5.74, 6) is 0.701. The van der Waals surface area contributed by atoms with Crippen LogP contribution in [0.5, 0.6) is 0 Å². The molecule has 1 saturated heterocycles. The Morgan fingerprint density at radius 3 is 2.58 bits per heavy atom. The number of amides is 2. The Balaban J connectivity index is 1.81. The first-order valence-corrected chi connectivity index (χ1v) is 7.08. The standard InChI is InChI=1S/C14H24N2O3/c1-9(15-13(18)19-14(2,3)4)12(17)16-8-10-6-5-7-11(10)16/h9-11H,5-8H2,1-4H3,(H,15,18). The number of alkyl carbamates (subject to hydrolysis) is 1. The number of hydrogen-bond donors (Lipinski definition) is 1. The molecule has 1 aliphatic heterocycles. The molecule has 0 radical (unpaired) electrons. The largest absolute Gasteiger partial charge is 0.444 e. The summed E-state index contributed by atoms with van der Waals surface area (Å²) in [5, 5.41) is 2.61. The van der Waals surface area contributed by atoms with Crippen molar-refractivity contribution in [3.63, 3.8) is 0 Å². The van der Waals surface area contributed by atoms with Gasteiger partial charge in [0.25, 0.3) is 0 Å². The van der Waals surface area contributed by atoms with Crippen LogP contribution in [0.1, 0.15) is 47.0 Å². The molecule has 0 spiro atoms. The third-order valence-corrected chi connectivity index (χ3v) is 3.84. The predicted octanol–water partition coefficient (Wildman–Crippen LogP) is 1.91. The SMILES string of the molecule is CC(NC(=O)OC(C)(C)C)C(=O)N1CC2CCCC21. The van der Waals surface area contributed by atoms with Crippen LogP contribution in [-0.2, 0) is 9.53 Å². The van der Waals surface area contributed by atoms with Crippen molar-refractivity contribution >= 4 is 12.0 Å². The fraction of sp³-hybridized carbons (Fsp3) is 0.857. The van der Waals surface area contributed by atoms with E-state index in [0.717, 1.165) is 13.0 Å². The number of rotatable bonds is 2. The number of carbonyl (C=O) groups excluding carboxylic acids is 2. The Labute approximate surface area is 114 Å². The minimum absolute atomic E-state index is 0.00834. The molecule has 2 rings (SSSR count). The van der Waals surface area contributed by atoms with Gasteiger partial charge >= 0.3 is 6.09 Å². The first-order chi connectivity index (χ1) is 8.78. The number of carbonyl (C=O) groups is 2. The van der Waals surface area contributed by atoms with Gasteiger partial charge in [0, 0.05) is 12.6 Å². The predicted molar refractivity (Wildman–Crippen MR) is 71.7 cm³/mol. The maximum atomic E-state index is 12.2. The lowest BCUT2D eigenvalue weighted by Crippen LogP contribution is -2.60. The van der Waals surface area contributed by atoms with Crippen LogP contribution in [0.3, 0.4) is 0 Å². The molecule has 1 N–H and O–H groups in total. The van der Waals surface area contributed by atoms with Gasteiger partial charge < -0.3 is 15.0 Å². The monoisotopic (exact) mass is 268 g/mol. The van der Waals surface area contributed by atoms with Crippen molar-refractivity contribution in [3.05, 3.63) is 0 Å². The highest BCUT2D eigenvalue weighted by molar-refractivity contribution is 5.86. The lowest BCUT2D eigenvalue weighted by Gasteiger charge is -2.45. The Kier molecular flexibility index (Phi) is 3.74. The van der Waals surface area contributed by atoms with Crippen LogP contribution in [0.25, 0.3) is 0 Å². The van der Waals surface area contributed by atoms with Crippen LogP contribution in [0.2, 0.25) is 0 Å². The summed E-state index contributed by atoms with van der Waals surface area (Å²) in [4.78, 5) is 25.8. The van der Waals surface area contributed by atoms with Gasteiger partial charge in [-0.25, -0.2) is 4.79 Å². The number of likely N-dealkylation sites (tertiary alicyclic amines) is 1. The first-order valence-electron chi connectivity index (χ1n) is 7.08. The maximum absolute atomic E-state index is 12.2. The van der Waals surface area contributed by atoms with Gasteiger partial charge in [-0.05, 0) is 46.5 Å². The highest BCUT2D eigenvalue weighted by atomic mass is 16.6. The van der Waals surface area contributed by atoms with Crippen molar-refractivity contribution in [2.24, 2.45) is 5.92 Å². The number of fused-ring (bicyclic) bond motifs is 1. The lowest BCUT2D eigenvalue weighted by atomic mass is 9.91. The Bertz CT molecular complexity index is 375. The molecular formula is C14H24N2O3. The van der Waals surface area contributed by atoms with E-state index >= 15 is 0 Å². The van der Waals surface area contributed by atoms with Crippen molar-refractivity contribution in [2.75, 3.05) is 6.54 Å². The Morgan fingerprint density at radius 1 is 1.32 bits per heavy atom. The average Bonchev–Trinajstić information content (AvgIpc) is 2.57. The molecule has 3 atom stereocenters. The molecule has 5 heteroatoms. The number of nitrogens with one attached hydrogen (secondary N) is 1. The van der Waals surface area contributed by atoms with Gasteiger partial charge in [0.15, 0.2) is 0 Å². The van der Waals surface area contributed by atoms with Crippen LogP contribution in [-0.4, -0.2) is 41.1 Å². The molecule has 5 nitrogen and oxygen atoms in total. The van der Waals surface area contributed by atoms with Crippen LogP contribution in [0.4, 0.5) is 4.79 Å². The van der Waals surface area contributed by atoms with Crippen molar-refractivity contribution in [1.29, 1.82) is 0 Å². The van der Waals surface area contributed by atoms with Crippen LogP contribution in [0.15, 0.2) is 0 Å². The van der Waals surface area contributed by atoms with Gasteiger partial charge in [0.05, 0.1) is 0 Å². The van der Waals surface area contributed by atoms with Crippen molar-refractivity contribution < 1.29 is 14.3 Å². The summed E-state index contributed by atoms with van der Waals surface area (Å²) in [5.41, 5.74) is -0.542. The second-order valence-electron chi connectivity index (χ2n) is 6.62. The van der Waals surface area contributed by atoms with Gasteiger partial charge in [-0.1, -0.05) is 6.42 Å². The van der Waals surface area contributed by atoms with Crippen LogP contribution >= 0.6 is 0 Å². The van der Waals surface area contributed by atoms with E-state index in [2.05, 4.69) is 5.32 Å². The van der Waals surface area contributed by atoms with E-state index in [9.17, 15) is 9.59 Å². The van der Waals surface area contributed by atoms with Crippen molar-refractivity contribution in [2.45, 2.75) is 64.6 Å². The molecule has 0 bridgehead atoms. The summed E-state index contributed by atoms with van der Waals surface area (Å²) in [7, 11) is 0. The second-order valence-corrected chi connectivity index (χ2v) is 6.62. The highest BCUT2D eigenvalue weighted by Crippen LogP contribution is 2.39. The summed E-state index contributed by atoms with van der Waals surface area (Å²) in [6, 6.07) is -0.105. The van der Waals surface area contributed by atoms with E-state index in [-0.39, 0.29) is 5.91 Å². The summed E-state index contributed by atoms with van der Waals surface area (Å²) in [6.07, 6.45) is 3.03. The van der Waals surface area contributed by atoms with Gasteiger partial charge in [0.2, 0.25) is 5.91 Å². The molecule has 0 aromatic carbocycles. The molecule has 1 saturated carbocycles. The first kappa shape index (κ1) is 14.2. The minimum Gasteiger partial charge on any atom is -0.444 e. The molecule has 108 valence electrons. The van der Waals surface area contributed by atoms with Crippen LogP contribution < -0.4 is 5.32 Å². The molecule has 2 fully saturated rings. The van der Waals surface area contributed by atoms with Gasteiger partial charge in [-0.2, -0.15) is 0 Å². The lowest BCUT2D eigenvalue weighted by molar-refractivity contribution is -0.144. The molecule has 0 aromatic heterocycles. The van der Waals surface area contributed by atoms with Gasteiger partial charge in [0.1, 0.15) is 11.6 Å². The van der Waals surface area contributed by atoms with E-state index in [1.54, 1.807) is 27.7 Å². The van der Waals surface area contributed by atoms with E-state index in [4.69, 9.17) is 4.74 Å². The molecule has 19 heavy (non-hydrogen) atoms. The zero-order valence-corrected chi connectivity index (χ0v) is 12.2. The van der Waals surface area contributed by atoms with E-state index < -0.39 is 17.7 Å². The zero-order valence-electron chi connectivity index (χ0n) is 12.2. The average molecular weight is 268 g/mol. The highest BCUT2D eigenvalue weighted by Gasteiger charge is 2.45. The summed E-state index contributed by atoms with van der Waals surface area (Å²) < 4.78 is 5.16. The fourth-order valence-electron chi connectivity index (χ4n) is 2.94. The van der Waals surface area contributed by atoms with E-state index in [1.807, 2.05) is 4.90 Å². The fourth-order valence-corrected chi connectivity index (χ4v) is 2.94. The Hall–Kier alpha value is -1.26. The normalized spacial score (nSPS) is 27.3. The Morgan fingerprint density at radius 2 is 2.00 bits per heavy atom. The van der Waals surface area contributed by atoms with Gasteiger partial charge in [-0.3, -0.25) is 4.79 Å². The van der Waals surface area contributed by atoms with Crippen LogP contribution in [0, 0.1) is 5.92 Å². The van der Waals surface area contributed by atoms with Crippen molar-refractivity contribution in [3.8, 4) is 0 Å². The molecule has 2 amide bonds. The van der Waals surface area contributed by atoms with Crippen molar-refractivity contribution in [1.82, 2.24) is 10.2 Å². The number of ether oxygens (including phenoxy) is 1. The summed E-state index contributed by atoms with van der Waals surface area (Å²) in [6.45, 7) is 7.98. The quantitative estimate of drug-likeness (QED) is 0.832. The molecular weight excluding hydrogens is 244 g/mol. The third kappa shape index (κ3) is 3.19. The molecule has 1 heterocycles. The third-order valence-electron chi connectivity index (χ3n) is 3.84. The maximum Gasteiger partial charge on any atom is 0.408 e. The smallest absolute Gasteiger partial charge is 0.408 e. The number of nitrogens with zero attached hydrogens (tertiary/aromatic N) is 1. The minimum atomic E-state index is -0.542. The number of hydrogen-bond acceptors (Lipinski definition) is 3.